The standard InChI is InChI=1S/C24H21N3O6/c1-16-8-10-17(11-9-16)25(24(30)20-12-13-21(33-20)27(31)32)14-4-5-15-26-22(28)18-6-2-3-7-19(18)23(26)29/h2-3,6-13H,4-5,14-15H2,1H3. The van der Waals surface area contributed by atoms with Crippen molar-refractivity contribution in [3.63, 3.8) is 0 Å². The lowest BCUT2D eigenvalue weighted by molar-refractivity contribution is -0.402. The average molecular weight is 447 g/mol. The number of hydrogen-bond acceptors (Lipinski definition) is 6. The molecule has 0 bridgehead atoms. The van der Waals surface area contributed by atoms with E-state index in [1.807, 2.05) is 19.1 Å². The van der Waals surface area contributed by atoms with E-state index < -0.39 is 16.7 Å². The summed E-state index contributed by atoms with van der Waals surface area (Å²) in [5, 5.41) is 10.9. The summed E-state index contributed by atoms with van der Waals surface area (Å²) in [6.45, 7) is 2.43. The van der Waals surface area contributed by atoms with Crippen molar-refractivity contribution < 1.29 is 23.7 Å². The Morgan fingerprint density at radius 2 is 1.61 bits per heavy atom. The number of unbranched alkanes of at least 4 members (excludes halogenated alkanes) is 1. The van der Waals surface area contributed by atoms with Crippen molar-refractivity contribution in [2.45, 2.75) is 19.8 Å². The van der Waals surface area contributed by atoms with Crippen LogP contribution < -0.4 is 4.90 Å². The van der Waals surface area contributed by atoms with E-state index in [4.69, 9.17) is 4.42 Å². The van der Waals surface area contributed by atoms with Crippen LogP contribution in [0.3, 0.4) is 0 Å². The number of nitrogens with zero attached hydrogens (tertiary/aromatic N) is 3. The monoisotopic (exact) mass is 447 g/mol. The first-order valence-electron chi connectivity index (χ1n) is 10.4. The van der Waals surface area contributed by atoms with Crippen molar-refractivity contribution in [3.05, 3.63) is 93.2 Å². The van der Waals surface area contributed by atoms with Crippen LogP contribution in [0.5, 0.6) is 0 Å². The molecule has 0 unspecified atom stereocenters. The van der Waals surface area contributed by atoms with Crippen LogP contribution in [0.1, 0.15) is 49.7 Å². The van der Waals surface area contributed by atoms with E-state index in [0.717, 1.165) is 11.6 Å². The Balaban J connectivity index is 1.44. The molecule has 9 nitrogen and oxygen atoms in total. The molecule has 0 spiro atoms. The highest BCUT2D eigenvalue weighted by Crippen LogP contribution is 2.24. The van der Waals surface area contributed by atoms with Gasteiger partial charge in [-0.2, -0.15) is 0 Å². The minimum Gasteiger partial charge on any atom is -0.395 e. The largest absolute Gasteiger partial charge is 0.433 e. The number of carbonyl (C=O) groups excluding carboxylic acids is 3. The molecule has 2 aromatic carbocycles. The minimum absolute atomic E-state index is 0.136. The highest BCUT2D eigenvalue weighted by molar-refractivity contribution is 6.21. The molecular weight excluding hydrogens is 426 g/mol. The van der Waals surface area contributed by atoms with E-state index in [0.29, 0.717) is 29.7 Å². The first-order valence-corrected chi connectivity index (χ1v) is 10.4. The second-order valence-corrected chi connectivity index (χ2v) is 7.70. The zero-order valence-corrected chi connectivity index (χ0v) is 17.9. The quantitative estimate of drug-likeness (QED) is 0.221. The van der Waals surface area contributed by atoms with Crippen LogP contribution >= 0.6 is 0 Å². The zero-order chi connectivity index (χ0) is 23.5. The smallest absolute Gasteiger partial charge is 0.395 e. The van der Waals surface area contributed by atoms with Gasteiger partial charge in [0, 0.05) is 18.8 Å². The summed E-state index contributed by atoms with van der Waals surface area (Å²) in [7, 11) is 0. The first kappa shape index (κ1) is 21.9. The third-order valence-corrected chi connectivity index (χ3v) is 5.46. The second-order valence-electron chi connectivity index (χ2n) is 7.70. The lowest BCUT2D eigenvalue weighted by Crippen LogP contribution is -2.33. The molecule has 33 heavy (non-hydrogen) atoms. The van der Waals surface area contributed by atoms with Crippen molar-refractivity contribution in [1.82, 2.24) is 4.90 Å². The van der Waals surface area contributed by atoms with Crippen LogP contribution in [-0.2, 0) is 0 Å². The Morgan fingerprint density at radius 3 is 2.18 bits per heavy atom. The van der Waals surface area contributed by atoms with E-state index in [9.17, 15) is 24.5 Å². The van der Waals surface area contributed by atoms with Gasteiger partial charge in [0.05, 0.1) is 17.2 Å². The maximum atomic E-state index is 13.1. The Bertz CT molecular complexity index is 1200. The lowest BCUT2D eigenvalue weighted by Gasteiger charge is -2.22. The molecule has 0 saturated heterocycles. The van der Waals surface area contributed by atoms with Gasteiger partial charge in [0.25, 0.3) is 17.7 Å². The van der Waals surface area contributed by atoms with Crippen LogP contribution in [0.25, 0.3) is 0 Å². The second kappa shape index (κ2) is 9.07. The molecule has 0 N–H and O–H groups in total. The molecule has 0 fully saturated rings. The Kier molecular flexibility index (Phi) is 6.03. The van der Waals surface area contributed by atoms with Gasteiger partial charge in [0.2, 0.25) is 0 Å². The molecule has 1 aliphatic heterocycles. The predicted octanol–water partition coefficient (Wildman–Crippen LogP) is 4.22. The number of anilines is 1. The van der Waals surface area contributed by atoms with Crippen molar-refractivity contribution in [2.24, 2.45) is 0 Å². The van der Waals surface area contributed by atoms with Gasteiger partial charge in [0.15, 0.2) is 5.76 Å². The van der Waals surface area contributed by atoms with Gasteiger partial charge in [-0.1, -0.05) is 29.8 Å². The van der Waals surface area contributed by atoms with Crippen LogP contribution in [0.2, 0.25) is 0 Å². The molecule has 0 atom stereocenters. The third kappa shape index (κ3) is 4.38. The third-order valence-electron chi connectivity index (χ3n) is 5.46. The summed E-state index contributed by atoms with van der Waals surface area (Å²) in [4.78, 5) is 51.0. The normalized spacial score (nSPS) is 12.7. The number of hydrogen-bond donors (Lipinski definition) is 0. The zero-order valence-electron chi connectivity index (χ0n) is 17.9. The SMILES string of the molecule is Cc1ccc(N(CCCCN2C(=O)c3ccccc3C2=O)C(=O)c2ccc([N+](=O)[O-])o2)cc1. The van der Waals surface area contributed by atoms with E-state index in [-0.39, 0.29) is 30.7 Å². The first-order chi connectivity index (χ1) is 15.9. The fraction of sp³-hybridized carbons (Fsp3) is 0.208. The number of benzene rings is 2. The fourth-order valence-electron chi connectivity index (χ4n) is 3.73. The molecule has 3 amide bonds. The predicted molar refractivity (Wildman–Crippen MR) is 119 cm³/mol. The fourth-order valence-corrected chi connectivity index (χ4v) is 3.73. The van der Waals surface area contributed by atoms with E-state index >= 15 is 0 Å². The molecule has 1 aliphatic rings. The van der Waals surface area contributed by atoms with Gasteiger partial charge >= 0.3 is 5.88 Å². The summed E-state index contributed by atoms with van der Waals surface area (Å²) in [5.74, 6) is -1.78. The van der Waals surface area contributed by atoms with E-state index in [2.05, 4.69) is 0 Å². The van der Waals surface area contributed by atoms with E-state index in [1.165, 1.54) is 15.9 Å². The van der Waals surface area contributed by atoms with Crippen LogP contribution in [0.15, 0.2) is 65.1 Å². The molecule has 3 aromatic rings. The molecule has 1 aromatic heterocycles. The molecule has 0 radical (unpaired) electrons. The van der Waals surface area contributed by atoms with Crippen molar-refractivity contribution in [3.8, 4) is 0 Å². The van der Waals surface area contributed by atoms with Crippen molar-refractivity contribution >= 4 is 29.3 Å². The maximum Gasteiger partial charge on any atom is 0.433 e. The Hall–Kier alpha value is -4.27. The number of rotatable bonds is 8. The van der Waals surface area contributed by atoms with Crippen LogP contribution in [0, 0.1) is 17.0 Å². The molecule has 4 rings (SSSR count). The molecule has 168 valence electrons. The van der Waals surface area contributed by atoms with Crippen LogP contribution in [-0.4, -0.2) is 40.6 Å². The molecule has 0 saturated carbocycles. The van der Waals surface area contributed by atoms with Gasteiger partial charge in [-0.15, -0.1) is 0 Å². The molecular formula is C24H21N3O6. The van der Waals surface area contributed by atoms with Gasteiger partial charge in [-0.25, -0.2) is 0 Å². The van der Waals surface area contributed by atoms with Gasteiger partial charge in [-0.05, 0) is 50.1 Å². The number of furan rings is 1. The summed E-state index contributed by atoms with van der Waals surface area (Å²) < 4.78 is 5.10. The molecule has 0 aliphatic carbocycles. The van der Waals surface area contributed by atoms with Crippen molar-refractivity contribution in [2.75, 3.05) is 18.0 Å². The van der Waals surface area contributed by atoms with Gasteiger partial charge in [0.1, 0.15) is 4.92 Å². The topological polar surface area (TPSA) is 114 Å². The number of amides is 3. The molecule has 9 heteroatoms. The maximum absolute atomic E-state index is 13.1. The highest BCUT2D eigenvalue weighted by Gasteiger charge is 2.34. The summed E-state index contributed by atoms with van der Waals surface area (Å²) in [6, 6.07) is 16.4. The number of imide groups is 1. The average Bonchev–Trinajstić information content (AvgIpc) is 3.40. The Labute approximate surface area is 189 Å². The molecule has 2 heterocycles. The lowest BCUT2D eigenvalue weighted by atomic mass is 10.1. The number of fused-ring (bicyclic) bond motifs is 1. The van der Waals surface area contributed by atoms with Gasteiger partial charge < -0.3 is 9.32 Å². The Morgan fingerprint density at radius 1 is 0.970 bits per heavy atom. The van der Waals surface area contributed by atoms with Crippen LogP contribution in [0.4, 0.5) is 11.6 Å². The number of nitro groups is 1. The summed E-state index contributed by atoms with van der Waals surface area (Å²) in [5.41, 5.74) is 2.44. The van der Waals surface area contributed by atoms with Crippen molar-refractivity contribution in [1.29, 1.82) is 0 Å². The van der Waals surface area contributed by atoms with E-state index in [1.54, 1.807) is 36.4 Å². The highest BCUT2D eigenvalue weighted by atomic mass is 16.6. The number of aryl methyl sites for hydroxylation is 1. The van der Waals surface area contributed by atoms with Gasteiger partial charge in [-0.3, -0.25) is 29.4 Å². The summed E-state index contributed by atoms with van der Waals surface area (Å²) >= 11 is 0. The minimum atomic E-state index is -0.699. The summed E-state index contributed by atoms with van der Waals surface area (Å²) in [6.07, 6.45) is 0.981. The number of carbonyl (C=O) groups is 3.